The second kappa shape index (κ2) is 6.88. The van der Waals surface area contributed by atoms with Gasteiger partial charge < -0.3 is 24.3 Å². The maximum absolute atomic E-state index is 12.7. The number of benzene rings is 1. The number of carbonyl (C=O) groups is 2. The summed E-state index contributed by atoms with van der Waals surface area (Å²) in [5.74, 6) is -0.742. The Morgan fingerprint density at radius 1 is 1.37 bits per heavy atom. The van der Waals surface area contributed by atoms with Crippen molar-refractivity contribution in [3.05, 3.63) is 30.0 Å². The number of hydrogen-bond acceptors (Lipinski definition) is 5. The molecule has 2 atom stereocenters. The smallest absolute Gasteiger partial charge is 0.330 e. The summed E-state index contributed by atoms with van der Waals surface area (Å²) in [5.41, 5.74) is -0.738. The van der Waals surface area contributed by atoms with Gasteiger partial charge >= 0.3 is 5.97 Å². The summed E-state index contributed by atoms with van der Waals surface area (Å²) in [5, 5.41) is 13.4. The van der Waals surface area contributed by atoms with Crippen LogP contribution in [0.25, 0.3) is 11.0 Å². The van der Waals surface area contributed by atoms with Gasteiger partial charge in [-0.3, -0.25) is 4.79 Å². The van der Waals surface area contributed by atoms with Crippen molar-refractivity contribution >= 4 is 22.8 Å². The minimum absolute atomic E-state index is 0.0315. The summed E-state index contributed by atoms with van der Waals surface area (Å²) in [4.78, 5) is 24.6. The fourth-order valence-electron chi connectivity index (χ4n) is 3.82. The molecular weight excluding hydrogens is 350 g/mol. The molecule has 1 aliphatic rings. The first-order valence-electron chi connectivity index (χ1n) is 8.95. The summed E-state index contributed by atoms with van der Waals surface area (Å²) >= 11 is 0. The molecule has 1 aromatic heterocycles. The molecule has 1 heterocycles. The first-order chi connectivity index (χ1) is 12.7. The van der Waals surface area contributed by atoms with Crippen molar-refractivity contribution in [3.63, 3.8) is 0 Å². The van der Waals surface area contributed by atoms with Gasteiger partial charge in [0.15, 0.2) is 0 Å². The van der Waals surface area contributed by atoms with Crippen molar-refractivity contribution in [3.8, 4) is 5.75 Å². The molecule has 1 saturated carbocycles. The number of hydrogen-bond donors (Lipinski definition) is 2. The van der Waals surface area contributed by atoms with Gasteiger partial charge in [0.1, 0.15) is 16.9 Å². The van der Waals surface area contributed by atoms with Gasteiger partial charge in [0, 0.05) is 35.5 Å². The molecule has 146 valence electrons. The highest BCUT2D eigenvalue weighted by molar-refractivity contribution is 5.92. The molecule has 0 spiro atoms. The molecule has 27 heavy (non-hydrogen) atoms. The minimum Gasteiger partial charge on any atom is -0.497 e. The average Bonchev–Trinajstić information content (AvgIpc) is 3.02. The number of rotatable bonds is 7. The number of aliphatic carboxylic acids is 1. The first-order valence-corrected chi connectivity index (χ1v) is 8.95. The van der Waals surface area contributed by atoms with Gasteiger partial charge in [0.2, 0.25) is 5.91 Å². The number of fused-ring (bicyclic) bond motifs is 1. The number of methoxy groups -OCH3 is 1. The van der Waals surface area contributed by atoms with Crippen LogP contribution in [0.2, 0.25) is 0 Å². The van der Waals surface area contributed by atoms with E-state index in [9.17, 15) is 14.7 Å². The Morgan fingerprint density at radius 3 is 2.70 bits per heavy atom. The number of carbonyl (C=O) groups excluding carboxylic acids is 1. The van der Waals surface area contributed by atoms with Crippen LogP contribution in [-0.2, 0) is 20.7 Å². The standard InChI is InChI=1S/C20H25NO6/c1-5-26-16-10-20(18(23)24,19(16,2)3)21-17(22)8-12-11-27-15-9-13(25-4)6-7-14(12)15/h6-7,9,11,16H,5,8,10H2,1-4H3,(H,21,22)(H,23,24). The highest BCUT2D eigenvalue weighted by atomic mass is 16.5. The summed E-state index contributed by atoms with van der Waals surface area (Å²) in [7, 11) is 1.57. The number of furan rings is 1. The molecule has 1 fully saturated rings. The van der Waals surface area contributed by atoms with Gasteiger partial charge in [-0.15, -0.1) is 0 Å². The molecular formula is C20H25NO6. The van der Waals surface area contributed by atoms with Crippen LogP contribution in [0.15, 0.2) is 28.9 Å². The molecule has 2 N–H and O–H groups in total. The fraction of sp³-hybridized carbons (Fsp3) is 0.500. The van der Waals surface area contributed by atoms with Crippen LogP contribution in [-0.4, -0.2) is 42.3 Å². The Hall–Kier alpha value is -2.54. The van der Waals surface area contributed by atoms with E-state index in [0.717, 1.165) is 5.39 Å². The molecule has 2 unspecified atom stereocenters. The van der Waals surface area contributed by atoms with Crippen LogP contribution in [0.3, 0.4) is 0 Å². The van der Waals surface area contributed by atoms with Gasteiger partial charge in [-0.25, -0.2) is 4.79 Å². The summed E-state index contributed by atoms with van der Waals surface area (Å²) in [6, 6.07) is 5.36. The topological polar surface area (TPSA) is 98.0 Å². The van der Waals surface area contributed by atoms with E-state index in [1.54, 1.807) is 19.2 Å². The van der Waals surface area contributed by atoms with Crippen LogP contribution in [0.4, 0.5) is 0 Å². The van der Waals surface area contributed by atoms with Crippen molar-refractivity contribution in [2.24, 2.45) is 5.41 Å². The van der Waals surface area contributed by atoms with Gasteiger partial charge in [-0.2, -0.15) is 0 Å². The first kappa shape index (κ1) is 19.2. The molecule has 7 heteroatoms. The van der Waals surface area contributed by atoms with Crippen LogP contribution < -0.4 is 10.1 Å². The predicted octanol–water partition coefficient (Wildman–Crippen LogP) is 2.76. The lowest BCUT2D eigenvalue weighted by atomic mass is 9.54. The Morgan fingerprint density at radius 2 is 2.11 bits per heavy atom. The molecule has 1 aliphatic carbocycles. The third kappa shape index (κ3) is 3.06. The number of amides is 1. The van der Waals surface area contributed by atoms with Gasteiger partial charge in [0.25, 0.3) is 0 Å². The zero-order valence-electron chi connectivity index (χ0n) is 16.0. The molecule has 7 nitrogen and oxygen atoms in total. The van der Waals surface area contributed by atoms with Crippen LogP contribution >= 0.6 is 0 Å². The van der Waals surface area contributed by atoms with Crippen molar-refractivity contribution in [1.82, 2.24) is 5.32 Å². The van der Waals surface area contributed by atoms with E-state index >= 15 is 0 Å². The summed E-state index contributed by atoms with van der Waals surface area (Å²) < 4.78 is 16.3. The SMILES string of the molecule is CCOC1CC(NC(=O)Cc2coc3cc(OC)ccc23)(C(=O)O)C1(C)C. The number of nitrogens with one attached hydrogen (secondary N) is 1. The zero-order valence-corrected chi connectivity index (χ0v) is 16.0. The van der Waals surface area contributed by atoms with Crippen molar-refractivity contribution in [2.75, 3.05) is 13.7 Å². The molecule has 0 saturated heterocycles. The number of carboxylic acids is 1. The predicted molar refractivity (Wildman–Crippen MR) is 98.8 cm³/mol. The molecule has 1 amide bonds. The maximum atomic E-state index is 12.7. The molecule has 3 rings (SSSR count). The lowest BCUT2D eigenvalue weighted by molar-refractivity contribution is -0.194. The van der Waals surface area contributed by atoms with Gasteiger partial charge in [0.05, 0.1) is 25.9 Å². The van der Waals surface area contributed by atoms with Gasteiger partial charge in [-0.1, -0.05) is 13.8 Å². The maximum Gasteiger partial charge on any atom is 0.330 e. The second-order valence-electron chi connectivity index (χ2n) is 7.43. The van der Waals surface area contributed by atoms with E-state index in [0.29, 0.717) is 23.5 Å². The monoisotopic (exact) mass is 375 g/mol. The largest absolute Gasteiger partial charge is 0.497 e. The lowest BCUT2D eigenvalue weighted by Gasteiger charge is -2.58. The third-order valence-electron chi connectivity index (χ3n) is 5.70. The number of ether oxygens (including phenoxy) is 2. The van der Waals surface area contributed by atoms with Crippen LogP contribution in [0.1, 0.15) is 32.8 Å². The molecule has 0 radical (unpaired) electrons. The molecule has 0 bridgehead atoms. The Labute approximate surface area is 157 Å². The minimum atomic E-state index is -1.34. The zero-order chi connectivity index (χ0) is 19.8. The van der Waals surface area contributed by atoms with E-state index in [1.807, 2.05) is 26.8 Å². The van der Waals surface area contributed by atoms with Crippen molar-refractivity contribution < 1.29 is 28.6 Å². The van der Waals surface area contributed by atoms with E-state index < -0.39 is 16.9 Å². The molecule has 2 aromatic rings. The average molecular weight is 375 g/mol. The van der Waals surface area contributed by atoms with Crippen LogP contribution in [0, 0.1) is 5.41 Å². The quantitative estimate of drug-likeness (QED) is 0.772. The summed E-state index contributed by atoms with van der Waals surface area (Å²) in [6.45, 7) is 5.99. The van der Waals surface area contributed by atoms with E-state index in [2.05, 4.69) is 5.32 Å². The summed E-state index contributed by atoms with van der Waals surface area (Å²) in [6.07, 6.45) is 1.59. The third-order valence-corrected chi connectivity index (χ3v) is 5.70. The number of carboxylic acid groups (broad SMARTS) is 1. The molecule has 1 aromatic carbocycles. The fourth-order valence-corrected chi connectivity index (χ4v) is 3.82. The second-order valence-corrected chi connectivity index (χ2v) is 7.43. The Kier molecular flexibility index (Phi) is 4.90. The van der Waals surface area contributed by atoms with E-state index in [4.69, 9.17) is 13.9 Å². The van der Waals surface area contributed by atoms with Crippen molar-refractivity contribution in [1.29, 1.82) is 0 Å². The Balaban J connectivity index is 1.78. The van der Waals surface area contributed by atoms with Gasteiger partial charge in [-0.05, 0) is 19.1 Å². The van der Waals surface area contributed by atoms with E-state index in [1.165, 1.54) is 6.26 Å². The normalized spacial score (nSPS) is 23.6. The van der Waals surface area contributed by atoms with Crippen molar-refractivity contribution in [2.45, 2.75) is 45.3 Å². The van der Waals surface area contributed by atoms with Crippen LogP contribution in [0.5, 0.6) is 5.75 Å². The lowest BCUT2D eigenvalue weighted by Crippen LogP contribution is -2.76. The highest BCUT2D eigenvalue weighted by Gasteiger charge is 2.66. The highest BCUT2D eigenvalue weighted by Crippen LogP contribution is 2.51. The molecule has 0 aliphatic heterocycles. The van der Waals surface area contributed by atoms with E-state index in [-0.39, 0.29) is 24.9 Å². The Bertz CT molecular complexity index is 870.